The van der Waals surface area contributed by atoms with Crippen molar-refractivity contribution in [1.29, 1.82) is 0 Å². The lowest BCUT2D eigenvalue weighted by molar-refractivity contribution is -0.125. The summed E-state index contributed by atoms with van der Waals surface area (Å²) in [5.41, 5.74) is 7.32. The molecule has 4 nitrogen and oxygen atoms in total. The highest BCUT2D eigenvalue weighted by Gasteiger charge is 2.33. The van der Waals surface area contributed by atoms with Crippen molar-refractivity contribution in [2.24, 2.45) is 11.1 Å². The van der Waals surface area contributed by atoms with E-state index < -0.39 is 5.41 Å². The molecule has 4 heteroatoms. The van der Waals surface area contributed by atoms with Gasteiger partial charge in [0.2, 0.25) is 5.91 Å². The molecule has 0 radical (unpaired) electrons. The number of carbonyl (C=O) groups is 1. The van der Waals surface area contributed by atoms with E-state index in [2.05, 4.69) is 5.32 Å². The Morgan fingerprint density at radius 1 is 1.22 bits per heavy atom. The summed E-state index contributed by atoms with van der Waals surface area (Å²) in [7, 11) is 0. The molecule has 1 aromatic carbocycles. The van der Waals surface area contributed by atoms with E-state index in [4.69, 9.17) is 10.5 Å². The Morgan fingerprint density at radius 3 is 2.35 bits per heavy atom. The fraction of sp³-hybridized carbons (Fsp3) is 0.632. The molecular weight excluding hydrogens is 288 g/mol. The molecule has 1 aliphatic rings. The van der Waals surface area contributed by atoms with Gasteiger partial charge in [-0.15, -0.1) is 0 Å². The van der Waals surface area contributed by atoms with Gasteiger partial charge in [-0.05, 0) is 43.4 Å². The molecule has 0 heterocycles. The maximum absolute atomic E-state index is 12.5. The van der Waals surface area contributed by atoms with Gasteiger partial charge in [-0.1, -0.05) is 38.8 Å². The number of carbonyl (C=O) groups excluding carboxylic acids is 1. The van der Waals surface area contributed by atoms with Crippen LogP contribution in [-0.2, 0) is 16.1 Å². The van der Waals surface area contributed by atoms with Gasteiger partial charge >= 0.3 is 0 Å². The maximum atomic E-state index is 12.5. The van der Waals surface area contributed by atoms with E-state index in [0.29, 0.717) is 19.3 Å². The predicted molar refractivity (Wildman–Crippen MR) is 94.2 cm³/mol. The standard InChI is InChI=1S/C19H30N2O2/c1-3-19(4-2,14-20)18(22)21-16-11-9-15(10-12-16)13-23-17-7-5-6-8-17/h9-12,17H,3-8,13-14,20H2,1-2H3,(H,21,22). The molecular formula is C19H30N2O2. The number of nitrogens with two attached hydrogens (primary N) is 1. The van der Waals surface area contributed by atoms with Crippen LogP contribution >= 0.6 is 0 Å². The van der Waals surface area contributed by atoms with Crippen molar-refractivity contribution in [3.8, 4) is 0 Å². The fourth-order valence-corrected chi connectivity index (χ4v) is 3.17. The summed E-state index contributed by atoms with van der Waals surface area (Å²) < 4.78 is 5.91. The van der Waals surface area contributed by atoms with Gasteiger partial charge in [0.05, 0.1) is 18.1 Å². The number of hydrogen-bond acceptors (Lipinski definition) is 3. The van der Waals surface area contributed by atoms with Gasteiger partial charge in [0.15, 0.2) is 0 Å². The number of anilines is 1. The number of hydrogen-bond donors (Lipinski definition) is 2. The van der Waals surface area contributed by atoms with Crippen molar-refractivity contribution in [3.63, 3.8) is 0 Å². The van der Waals surface area contributed by atoms with Gasteiger partial charge in [-0.3, -0.25) is 4.79 Å². The second-order valence-electron chi connectivity index (χ2n) is 6.56. The molecule has 1 saturated carbocycles. The Labute approximate surface area is 139 Å². The highest BCUT2D eigenvalue weighted by molar-refractivity contribution is 5.95. The zero-order valence-electron chi connectivity index (χ0n) is 14.4. The molecule has 0 spiro atoms. The van der Waals surface area contributed by atoms with Crippen molar-refractivity contribution in [1.82, 2.24) is 0 Å². The lowest BCUT2D eigenvalue weighted by atomic mass is 9.81. The summed E-state index contributed by atoms with van der Waals surface area (Å²) in [5.74, 6) is 0.0138. The van der Waals surface area contributed by atoms with Gasteiger partial charge in [-0.2, -0.15) is 0 Å². The molecule has 1 aromatic rings. The van der Waals surface area contributed by atoms with Gasteiger partial charge in [-0.25, -0.2) is 0 Å². The van der Waals surface area contributed by atoms with E-state index in [1.165, 1.54) is 25.7 Å². The second kappa shape index (κ2) is 8.46. The van der Waals surface area contributed by atoms with E-state index in [9.17, 15) is 4.79 Å². The summed E-state index contributed by atoms with van der Waals surface area (Å²) in [4.78, 5) is 12.5. The highest BCUT2D eigenvalue weighted by Crippen LogP contribution is 2.27. The minimum absolute atomic E-state index is 0.0138. The third-order valence-corrected chi connectivity index (χ3v) is 5.23. The highest BCUT2D eigenvalue weighted by atomic mass is 16.5. The molecule has 2 rings (SSSR count). The Kier molecular flexibility index (Phi) is 6.60. The Bertz CT molecular complexity index is 480. The molecule has 128 valence electrons. The largest absolute Gasteiger partial charge is 0.374 e. The first-order valence-corrected chi connectivity index (χ1v) is 8.85. The Balaban J connectivity index is 1.90. The zero-order valence-corrected chi connectivity index (χ0v) is 14.4. The summed E-state index contributed by atoms with van der Waals surface area (Å²) in [6.45, 7) is 5.05. The Hall–Kier alpha value is -1.39. The molecule has 1 fully saturated rings. The lowest BCUT2D eigenvalue weighted by Crippen LogP contribution is -2.41. The topological polar surface area (TPSA) is 64.4 Å². The normalized spacial score (nSPS) is 15.8. The summed E-state index contributed by atoms with van der Waals surface area (Å²) >= 11 is 0. The number of benzene rings is 1. The van der Waals surface area contributed by atoms with Crippen molar-refractivity contribution < 1.29 is 9.53 Å². The van der Waals surface area contributed by atoms with Crippen LogP contribution in [0.4, 0.5) is 5.69 Å². The van der Waals surface area contributed by atoms with Gasteiger partial charge in [0, 0.05) is 12.2 Å². The SMILES string of the molecule is CCC(CC)(CN)C(=O)Nc1ccc(COC2CCCC2)cc1. The third-order valence-electron chi connectivity index (χ3n) is 5.23. The van der Waals surface area contributed by atoms with E-state index in [1.54, 1.807) is 0 Å². The van der Waals surface area contributed by atoms with E-state index in [0.717, 1.165) is 24.1 Å². The number of ether oxygens (including phenoxy) is 1. The van der Waals surface area contributed by atoms with E-state index >= 15 is 0 Å². The van der Waals surface area contributed by atoms with E-state index in [1.807, 2.05) is 38.1 Å². The smallest absolute Gasteiger partial charge is 0.231 e. The number of nitrogens with one attached hydrogen (secondary N) is 1. The van der Waals surface area contributed by atoms with Crippen LogP contribution in [0.15, 0.2) is 24.3 Å². The van der Waals surface area contributed by atoms with Crippen LogP contribution in [0.2, 0.25) is 0 Å². The minimum atomic E-state index is -0.468. The molecule has 0 saturated heterocycles. The van der Waals surface area contributed by atoms with Crippen LogP contribution in [0, 0.1) is 5.41 Å². The first-order chi connectivity index (χ1) is 11.1. The molecule has 0 bridgehead atoms. The second-order valence-corrected chi connectivity index (χ2v) is 6.56. The molecule has 0 aromatic heterocycles. The van der Waals surface area contributed by atoms with Crippen molar-refractivity contribution in [2.75, 3.05) is 11.9 Å². The van der Waals surface area contributed by atoms with Gasteiger partial charge in [0.25, 0.3) is 0 Å². The van der Waals surface area contributed by atoms with Crippen molar-refractivity contribution >= 4 is 11.6 Å². The van der Waals surface area contributed by atoms with Crippen molar-refractivity contribution in [2.45, 2.75) is 65.1 Å². The van der Waals surface area contributed by atoms with Crippen molar-refractivity contribution in [3.05, 3.63) is 29.8 Å². The van der Waals surface area contributed by atoms with Crippen LogP contribution in [0.3, 0.4) is 0 Å². The number of amides is 1. The molecule has 0 aliphatic heterocycles. The molecule has 3 N–H and O–H groups in total. The first-order valence-electron chi connectivity index (χ1n) is 8.85. The molecule has 1 amide bonds. The quantitative estimate of drug-likeness (QED) is 0.765. The average molecular weight is 318 g/mol. The molecule has 0 unspecified atom stereocenters. The predicted octanol–water partition coefficient (Wildman–Crippen LogP) is 3.85. The monoisotopic (exact) mass is 318 g/mol. The zero-order chi connectivity index (χ0) is 16.7. The van der Waals surface area contributed by atoms with Crippen LogP contribution in [-0.4, -0.2) is 18.6 Å². The Morgan fingerprint density at radius 2 is 1.83 bits per heavy atom. The molecule has 1 aliphatic carbocycles. The summed E-state index contributed by atoms with van der Waals surface area (Å²) in [6, 6.07) is 7.93. The summed E-state index contributed by atoms with van der Waals surface area (Å²) in [6.07, 6.45) is 6.86. The van der Waals surface area contributed by atoms with Gasteiger partial charge < -0.3 is 15.8 Å². The van der Waals surface area contributed by atoms with Crippen LogP contribution in [0.5, 0.6) is 0 Å². The van der Waals surface area contributed by atoms with Gasteiger partial charge in [0.1, 0.15) is 0 Å². The molecule has 0 atom stereocenters. The van der Waals surface area contributed by atoms with E-state index in [-0.39, 0.29) is 5.91 Å². The van der Waals surface area contributed by atoms with Crippen LogP contribution in [0.1, 0.15) is 57.9 Å². The minimum Gasteiger partial charge on any atom is -0.374 e. The van der Waals surface area contributed by atoms with Crippen LogP contribution in [0.25, 0.3) is 0 Å². The number of rotatable bonds is 8. The lowest BCUT2D eigenvalue weighted by Gasteiger charge is -2.28. The van der Waals surface area contributed by atoms with Crippen LogP contribution < -0.4 is 11.1 Å². The summed E-state index contributed by atoms with van der Waals surface area (Å²) in [5, 5.41) is 3.00. The first kappa shape index (κ1) is 18.0. The fourth-order valence-electron chi connectivity index (χ4n) is 3.17. The third kappa shape index (κ3) is 4.55. The maximum Gasteiger partial charge on any atom is 0.231 e. The molecule has 23 heavy (non-hydrogen) atoms. The average Bonchev–Trinajstić information content (AvgIpc) is 3.10.